The van der Waals surface area contributed by atoms with Gasteiger partial charge in [0, 0.05) is 24.7 Å². The van der Waals surface area contributed by atoms with Crippen molar-refractivity contribution in [1.82, 2.24) is 9.29 Å². The lowest BCUT2D eigenvalue weighted by atomic mass is 10.3. The van der Waals surface area contributed by atoms with Gasteiger partial charge in [-0.1, -0.05) is 0 Å². The number of halogens is 1. The van der Waals surface area contributed by atoms with E-state index in [2.05, 4.69) is 4.98 Å². The maximum absolute atomic E-state index is 13.1. The molecule has 0 bridgehead atoms. The van der Waals surface area contributed by atoms with Crippen molar-refractivity contribution in [3.8, 4) is 0 Å². The lowest BCUT2D eigenvalue weighted by Gasteiger charge is -2.16. The molecule has 1 aromatic carbocycles. The molecule has 1 heterocycles. The van der Waals surface area contributed by atoms with Gasteiger partial charge in [0.1, 0.15) is 5.82 Å². The predicted molar refractivity (Wildman–Crippen MR) is 76.3 cm³/mol. The fourth-order valence-corrected chi connectivity index (χ4v) is 3.76. The fourth-order valence-electron chi connectivity index (χ4n) is 1.65. The summed E-state index contributed by atoms with van der Waals surface area (Å²) in [5, 5.41) is 0.872. The standard InChI is InChI=1S/C12H14FN3O2S2/c1-8-15-6-9(19-8)7-16(2)20(17,18)10-3-4-11(13)12(14)5-10/h3-6H,7,14H2,1-2H3. The number of benzene rings is 1. The zero-order valence-corrected chi connectivity index (χ0v) is 12.6. The molecule has 0 atom stereocenters. The third-order valence-electron chi connectivity index (χ3n) is 2.72. The van der Waals surface area contributed by atoms with Crippen molar-refractivity contribution in [2.45, 2.75) is 18.4 Å². The molecule has 0 spiro atoms. The molecule has 0 fully saturated rings. The smallest absolute Gasteiger partial charge is 0.243 e. The zero-order valence-electron chi connectivity index (χ0n) is 11.0. The van der Waals surface area contributed by atoms with E-state index < -0.39 is 15.8 Å². The van der Waals surface area contributed by atoms with Crippen LogP contribution >= 0.6 is 11.3 Å². The van der Waals surface area contributed by atoms with Gasteiger partial charge in [-0.3, -0.25) is 0 Å². The van der Waals surface area contributed by atoms with Crippen LogP contribution in [0.1, 0.15) is 9.88 Å². The molecular formula is C12H14FN3O2S2. The molecule has 2 N–H and O–H groups in total. The summed E-state index contributed by atoms with van der Waals surface area (Å²) in [5.41, 5.74) is 5.22. The number of sulfonamides is 1. The number of nitrogens with two attached hydrogens (primary N) is 1. The monoisotopic (exact) mass is 315 g/mol. The van der Waals surface area contributed by atoms with Crippen LogP contribution in [-0.2, 0) is 16.6 Å². The Labute approximate surface area is 120 Å². The molecule has 0 unspecified atom stereocenters. The quantitative estimate of drug-likeness (QED) is 0.876. The maximum Gasteiger partial charge on any atom is 0.243 e. The summed E-state index contributed by atoms with van der Waals surface area (Å²) >= 11 is 1.43. The fraction of sp³-hybridized carbons (Fsp3) is 0.250. The second-order valence-corrected chi connectivity index (χ2v) is 7.65. The Hall–Kier alpha value is -1.51. The first-order valence-corrected chi connectivity index (χ1v) is 7.99. The summed E-state index contributed by atoms with van der Waals surface area (Å²) in [6.07, 6.45) is 1.64. The Kier molecular flexibility index (Phi) is 4.07. The van der Waals surface area contributed by atoms with Gasteiger partial charge in [-0.05, 0) is 25.1 Å². The number of rotatable bonds is 4. The molecule has 0 aliphatic heterocycles. The van der Waals surface area contributed by atoms with Crippen LogP contribution in [0.2, 0.25) is 0 Å². The van der Waals surface area contributed by atoms with Gasteiger partial charge in [-0.2, -0.15) is 4.31 Å². The summed E-state index contributed by atoms with van der Waals surface area (Å²) in [6, 6.07) is 3.38. The van der Waals surface area contributed by atoms with Gasteiger partial charge in [0.05, 0.1) is 15.6 Å². The van der Waals surface area contributed by atoms with Gasteiger partial charge in [-0.15, -0.1) is 11.3 Å². The van der Waals surface area contributed by atoms with E-state index in [0.717, 1.165) is 22.0 Å². The summed E-state index contributed by atoms with van der Waals surface area (Å²) in [6.45, 7) is 2.06. The minimum Gasteiger partial charge on any atom is -0.396 e. The highest BCUT2D eigenvalue weighted by molar-refractivity contribution is 7.89. The van der Waals surface area contributed by atoms with E-state index in [1.807, 2.05) is 6.92 Å². The van der Waals surface area contributed by atoms with Crippen molar-refractivity contribution in [2.75, 3.05) is 12.8 Å². The largest absolute Gasteiger partial charge is 0.396 e. The topological polar surface area (TPSA) is 76.3 Å². The van der Waals surface area contributed by atoms with Crippen LogP contribution in [0.5, 0.6) is 0 Å². The molecule has 1 aromatic heterocycles. The average molecular weight is 315 g/mol. The van der Waals surface area contributed by atoms with Crippen LogP contribution in [0.3, 0.4) is 0 Å². The molecule has 108 valence electrons. The van der Waals surface area contributed by atoms with Crippen LogP contribution in [0, 0.1) is 12.7 Å². The number of thiazole rings is 1. The van der Waals surface area contributed by atoms with Crippen LogP contribution in [0.15, 0.2) is 29.3 Å². The van der Waals surface area contributed by atoms with Crippen molar-refractivity contribution in [3.05, 3.63) is 40.1 Å². The van der Waals surface area contributed by atoms with E-state index in [4.69, 9.17) is 5.73 Å². The molecular weight excluding hydrogens is 301 g/mol. The molecule has 0 saturated carbocycles. The third-order valence-corrected chi connectivity index (χ3v) is 5.42. The van der Waals surface area contributed by atoms with Gasteiger partial charge in [-0.25, -0.2) is 17.8 Å². The normalized spacial score (nSPS) is 12.0. The SMILES string of the molecule is Cc1ncc(CN(C)S(=O)(=O)c2ccc(F)c(N)c2)s1. The van der Waals surface area contributed by atoms with E-state index in [1.165, 1.54) is 28.8 Å². The number of aromatic nitrogens is 1. The number of hydrogen-bond donors (Lipinski definition) is 1. The Morgan fingerprint density at radius 3 is 2.70 bits per heavy atom. The highest BCUT2D eigenvalue weighted by Gasteiger charge is 2.22. The minimum absolute atomic E-state index is 0.0277. The second-order valence-electron chi connectivity index (χ2n) is 4.29. The highest BCUT2D eigenvalue weighted by Crippen LogP contribution is 2.22. The van der Waals surface area contributed by atoms with Crippen molar-refractivity contribution >= 4 is 27.0 Å². The molecule has 0 amide bonds. The van der Waals surface area contributed by atoms with Gasteiger partial charge in [0.2, 0.25) is 10.0 Å². The summed E-state index contributed by atoms with van der Waals surface area (Å²) < 4.78 is 39.0. The van der Waals surface area contributed by atoms with Crippen LogP contribution < -0.4 is 5.73 Å². The lowest BCUT2D eigenvalue weighted by Crippen LogP contribution is -2.26. The number of aryl methyl sites for hydroxylation is 1. The van der Waals surface area contributed by atoms with E-state index >= 15 is 0 Å². The molecule has 0 aliphatic rings. The molecule has 20 heavy (non-hydrogen) atoms. The minimum atomic E-state index is -3.70. The maximum atomic E-state index is 13.1. The third kappa shape index (κ3) is 2.97. The summed E-state index contributed by atoms with van der Waals surface area (Å²) in [5.74, 6) is -0.635. The molecule has 0 radical (unpaired) electrons. The van der Waals surface area contributed by atoms with E-state index in [0.29, 0.717) is 0 Å². The lowest BCUT2D eigenvalue weighted by molar-refractivity contribution is 0.469. The molecule has 5 nitrogen and oxygen atoms in total. The Morgan fingerprint density at radius 1 is 1.45 bits per heavy atom. The van der Waals surface area contributed by atoms with Gasteiger partial charge in [0.15, 0.2) is 0 Å². The number of nitrogen functional groups attached to an aromatic ring is 1. The van der Waals surface area contributed by atoms with Crippen molar-refractivity contribution in [3.63, 3.8) is 0 Å². The number of nitrogens with zero attached hydrogens (tertiary/aromatic N) is 2. The molecule has 2 rings (SSSR count). The Morgan fingerprint density at radius 2 is 2.15 bits per heavy atom. The first-order chi connectivity index (χ1) is 9.30. The Balaban J connectivity index is 2.27. The second kappa shape index (κ2) is 5.47. The van der Waals surface area contributed by atoms with Gasteiger partial charge in [0.25, 0.3) is 0 Å². The van der Waals surface area contributed by atoms with Crippen molar-refractivity contribution in [1.29, 1.82) is 0 Å². The van der Waals surface area contributed by atoms with Gasteiger partial charge < -0.3 is 5.73 Å². The van der Waals surface area contributed by atoms with Crippen LogP contribution in [0.4, 0.5) is 10.1 Å². The van der Waals surface area contributed by atoms with E-state index in [1.54, 1.807) is 6.20 Å². The number of anilines is 1. The molecule has 0 saturated heterocycles. The predicted octanol–water partition coefficient (Wildman–Crippen LogP) is 1.99. The van der Waals surface area contributed by atoms with E-state index in [9.17, 15) is 12.8 Å². The molecule has 2 aromatic rings. The van der Waals surface area contributed by atoms with E-state index in [-0.39, 0.29) is 17.1 Å². The van der Waals surface area contributed by atoms with Crippen LogP contribution in [0.25, 0.3) is 0 Å². The average Bonchev–Trinajstić information content (AvgIpc) is 2.78. The van der Waals surface area contributed by atoms with Crippen molar-refractivity contribution < 1.29 is 12.8 Å². The molecule has 0 aliphatic carbocycles. The number of hydrogen-bond acceptors (Lipinski definition) is 5. The van der Waals surface area contributed by atoms with Crippen molar-refractivity contribution in [2.24, 2.45) is 0 Å². The molecule has 8 heteroatoms. The first kappa shape index (κ1) is 14.9. The highest BCUT2D eigenvalue weighted by atomic mass is 32.2. The van der Waals surface area contributed by atoms with Crippen LogP contribution in [-0.4, -0.2) is 24.8 Å². The Bertz CT molecular complexity index is 728. The van der Waals surface area contributed by atoms with Gasteiger partial charge >= 0.3 is 0 Å². The summed E-state index contributed by atoms with van der Waals surface area (Å²) in [7, 11) is -2.24. The summed E-state index contributed by atoms with van der Waals surface area (Å²) in [4.78, 5) is 4.89. The first-order valence-electron chi connectivity index (χ1n) is 5.73. The zero-order chi connectivity index (χ0) is 14.9.